The number of hydrogen-bond acceptors (Lipinski definition) is 7. The number of carbonyl (C=O) groups excluding carboxylic acids is 1. The fourth-order valence-electron chi connectivity index (χ4n) is 3.99. The van der Waals surface area contributed by atoms with Crippen molar-refractivity contribution in [1.82, 2.24) is 15.1 Å². The highest BCUT2D eigenvalue weighted by molar-refractivity contribution is 6.03. The summed E-state index contributed by atoms with van der Waals surface area (Å²) in [6.07, 6.45) is 0. The monoisotopic (exact) mass is 449 g/mol. The Hall–Kier alpha value is -3.72. The lowest BCUT2D eigenvalue weighted by Crippen LogP contribution is -2.48. The molecular formula is C24H31N7O2. The number of carbonyl (C=O) groups is 1. The lowest BCUT2D eigenvalue weighted by atomic mass is 10.2. The number of hydrogen-bond donors (Lipinski definition) is 5. The van der Waals surface area contributed by atoms with E-state index in [0.717, 1.165) is 37.4 Å². The Morgan fingerprint density at radius 2 is 1.76 bits per heavy atom. The van der Waals surface area contributed by atoms with Gasteiger partial charge in [-0.25, -0.2) is 0 Å². The first kappa shape index (κ1) is 22.5. The van der Waals surface area contributed by atoms with Crippen LogP contribution in [0.4, 0.5) is 23.0 Å². The Morgan fingerprint density at radius 1 is 1.09 bits per heavy atom. The zero-order chi connectivity index (χ0) is 23.4. The van der Waals surface area contributed by atoms with Crippen LogP contribution in [0.2, 0.25) is 0 Å². The molecule has 0 atom stereocenters. The van der Waals surface area contributed by atoms with Gasteiger partial charge in [0, 0.05) is 50.1 Å². The number of rotatable bonds is 8. The highest BCUT2D eigenvalue weighted by atomic mass is 16.3. The average molecular weight is 450 g/mol. The largest absolute Gasteiger partial charge is 0.508 e. The minimum absolute atomic E-state index is 0.202. The fourth-order valence-corrected chi connectivity index (χ4v) is 3.99. The van der Waals surface area contributed by atoms with E-state index in [-0.39, 0.29) is 11.3 Å². The van der Waals surface area contributed by atoms with Gasteiger partial charge in [-0.2, -0.15) is 5.10 Å². The second-order valence-electron chi connectivity index (χ2n) is 8.50. The third-order valence-electron chi connectivity index (χ3n) is 5.96. The van der Waals surface area contributed by atoms with Gasteiger partial charge in [0.05, 0.1) is 0 Å². The van der Waals surface area contributed by atoms with Crippen molar-refractivity contribution in [1.29, 1.82) is 0 Å². The molecule has 0 radical (unpaired) electrons. The number of amides is 1. The Morgan fingerprint density at radius 3 is 2.36 bits per heavy atom. The van der Waals surface area contributed by atoms with E-state index in [0.29, 0.717) is 24.2 Å². The van der Waals surface area contributed by atoms with E-state index in [1.54, 1.807) is 24.3 Å². The summed E-state index contributed by atoms with van der Waals surface area (Å²) in [5.41, 5.74) is 8.84. The van der Waals surface area contributed by atoms with E-state index in [1.807, 2.05) is 12.1 Å². The molecule has 9 nitrogen and oxygen atoms in total. The summed E-state index contributed by atoms with van der Waals surface area (Å²) in [6.45, 7) is 9.05. The fraction of sp³-hybridized carbons (Fsp3) is 0.333. The second kappa shape index (κ2) is 9.83. The quantitative estimate of drug-likeness (QED) is 0.358. The van der Waals surface area contributed by atoms with Gasteiger partial charge in [-0.1, -0.05) is 12.1 Å². The van der Waals surface area contributed by atoms with Crippen molar-refractivity contribution in [3.05, 3.63) is 59.7 Å². The van der Waals surface area contributed by atoms with Crippen LogP contribution in [0, 0.1) is 0 Å². The van der Waals surface area contributed by atoms with Crippen LogP contribution in [0.1, 0.15) is 29.8 Å². The number of nitrogens with one attached hydrogen (secondary N) is 3. The molecule has 2 heterocycles. The normalized spacial score (nSPS) is 14.5. The number of aromatic hydroxyl groups is 1. The van der Waals surface area contributed by atoms with Gasteiger partial charge in [0.15, 0.2) is 5.82 Å². The number of benzene rings is 2. The summed E-state index contributed by atoms with van der Waals surface area (Å²) in [6, 6.07) is 15.5. The third kappa shape index (κ3) is 5.38. The summed E-state index contributed by atoms with van der Waals surface area (Å²) < 4.78 is 0. The van der Waals surface area contributed by atoms with Gasteiger partial charge in [-0.15, -0.1) is 0 Å². The van der Waals surface area contributed by atoms with Crippen molar-refractivity contribution in [3.63, 3.8) is 0 Å². The van der Waals surface area contributed by atoms with Crippen LogP contribution >= 0.6 is 0 Å². The summed E-state index contributed by atoms with van der Waals surface area (Å²) in [5.74, 6) is 0.430. The second-order valence-corrected chi connectivity index (χ2v) is 8.50. The van der Waals surface area contributed by atoms with Crippen LogP contribution in [-0.2, 0) is 6.54 Å². The first-order valence-corrected chi connectivity index (χ1v) is 11.2. The highest BCUT2D eigenvalue weighted by Gasteiger charge is 2.20. The summed E-state index contributed by atoms with van der Waals surface area (Å²) in [7, 11) is 0. The van der Waals surface area contributed by atoms with Crippen molar-refractivity contribution < 1.29 is 9.90 Å². The van der Waals surface area contributed by atoms with Gasteiger partial charge in [0.25, 0.3) is 5.91 Å². The topological polar surface area (TPSA) is 123 Å². The number of piperazine rings is 1. The molecular weight excluding hydrogens is 418 g/mol. The van der Waals surface area contributed by atoms with E-state index in [1.165, 1.54) is 5.69 Å². The standard InChI is InChI=1S/C24H31N7O2/c1-16(2)30-11-13-31(14-12-30)19-7-5-18(6-8-19)27-24-21(22(25)33)23(28-29-24)26-15-17-3-9-20(32)10-4-17/h3-10,16,32H,11-15H2,1-2H3,(H2,25,33)(H3,26,27,28,29). The minimum Gasteiger partial charge on any atom is -0.508 e. The number of aromatic amines is 1. The van der Waals surface area contributed by atoms with Crippen LogP contribution in [0.15, 0.2) is 48.5 Å². The molecule has 0 aliphatic carbocycles. The van der Waals surface area contributed by atoms with Gasteiger partial charge in [0.1, 0.15) is 17.1 Å². The number of anilines is 4. The molecule has 3 aromatic rings. The number of phenols is 1. The van der Waals surface area contributed by atoms with Crippen LogP contribution in [0.5, 0.6) is 5.75 Å². The molecule has 1 aliphatic rings. The van der Waals surface area contributed by atoms with E-state index in [4.69, 9.17) is 5.73 Å². The Bertz CT molecular complexity index is 1070. The van der Waals surface area contributed by atoms with Gasteiger partial charge < -0.3 is 26.4 Å². The number of aromatic nitrogens is 2. The predicted octanol–water partition coefficient (Wildman–Crippen LogP) is 3.10. The molecule has 0 spiro atoms. The summed E-state index contributed by atoms with van der Waals surface area (Å²) >= 11 is 0. The van der Waals surface area contributed by atoms with Gasteiger partial charge in [-0.05, 0) is 55.8 Å². The molecule has 1 saturated heterocycles. The molecule has 0 unspecified atom stereocenters. The van der Waals surface area contributed by atoms with E-state index in [2.05, 4.69) is 56.6 Å². The first-order chi connectivity index (χ1) is 15.9. The molecule has 174 valence electrons. The van der Waals surface area contributed by atoms with Crippen LogP contribution in [-0.4, -0.2) is 58.3 Å². The molecule has 9 heteroatoms. The Balaban J connectivity index is 1.41. The first-order valence-electron chi connectivity index (χ1n) is 11.2. The smallest absolute Gasteiger partial charge is 0.256 e. The number of phenolic OH excluding ortho intramolecular Hbond substituents is 1. The van der Waals surface area contributed by atoms with E-state index >= 15 is 0 Å². The molecule has 6 N–H and O–H groups in total. The average Bonchev–Trinajstić information content (AvgIpc) is 3.22. The molecule has 4 rings (SSSR count). The van der Waals surface area contributed by atoms with Crippen LogP contribution in [0.3, 0.4) is 0 Å². The number of nitrogens with two attached hydrogens (primary N) is 1. The van der Waals surface area contributed by atoms with Gasteiger partial charge >= 0.3 is 0 Å². The number of primary amides is 1. The molecule has 1 aliphatic heterocycles. The minimum atomic E-state index is -0.584. The third-order valence-corrected chi connectivity index (χ3v) is 5.96. The van der Waals surface area contributed by atoms with E-state index in [9.17, 15) is 9.90 Å². The maximum absolute atomic E-state index is 12.1. The van der Waals surface area contributed by atoms with Crippen LogP contribution in [0.25, 0.3) is 0 Å². The maximum Gasteiger partial charge on any atom is 0.256 e. The highest BCUT2D eigenvalue weighted by Crippen LogP contribution is 2.27. The predicted molar refractivity (Wildman–Crippen MR) is 131 cm³/mol. The van der Waals surface area contributed by atoms with Crippen molar-refractivity contribution in [3.8, 4) is 5.75 Å². The summed E-state index contributed by atoms with van der Waals surface area (Å²) in [4.78, 5) is 17.0. The van der Waals surface area contributed by atoms with Crippen molar-refractivity contribution in [2.24, 2.45) is 5.73 Å². The molecule has 33 heavy (non-hydrogen) atoms. The lowest BCUT2D eigenvalue weighted by Gasteiger charge is -2.38. The van der Waals surface area contributed by atoms with Gasteiger partial charge in [-0.3, -0.25) is 14.8 Å². The van der Waals surface area contributed by atoms with Crippen molar-refractivity contribution in [2.45, 2.75) is 26.4 Å². The zero-order valence-electron chi connectivity index (χ0n) is 19.0. The van der Waals surface area contributed by atoms with Crippen molar-refractivity contribution in [2.75, 3.05) is 41.7 Å². The maximum atomic E-state index is 12.1. The molecule has 1 fully saturated rings. The summed E-state index contributed by atoms with van der Waals surface area (Å²) in [5, 5.41) is 22.8. The van der Waals surface area contributed by atoms with Crippen molar-refractivity contribution >= 4 is 28.9 Å². The van der Waals surface area contributed by atoms with Crippen LogP contribution < -0.4 is 21.3 Å². The molecule has 1 amide bonds. The van der Waals surface area contributed by atoms with E-state index < -0.39 is 5.91 Å². The Kier molecular flexibility index (Phi) is 6.69. The lowest BCUT2D eigenvalue weighted by molar-refractivity contribution is 0.100. The molecule has 2 aromatic carbocycles. The molecule has 0 bridgehead atoms. The van der Waals surface area contributed by atoms with Gasteiger partial charge in [0.2, 0.25) is 0 Å². The zero-order valence-corrected chi connectivity index (χ0v) is 19.0. The number of H-pyrrole nitrogens is 1. The molecule has 0 saturated carbocycles. The molecule has 1 aromatic heterocycles. The number of nitrogens with zero attached hydrogens (tertiary/aromatic N) is 3. The SMILES string of the molecule is CC(C)N1CCN(c2ccc(Nc3n[nH]c(NCc4ccc(O)cc4)c3C(N)=O)cc2)CC1. The Labute approximate surface area is 193 Å².